The lowest BCUT2D eigenvalue weighted by atomic mass is 9.83. The molecule has 0 atom stereocenters. The average Bonchev–Trinajstić information content (AvgIpc) is 3.75. The fraction of sp³-hybridized carbons (Fsp3) is 0.143. The van der Waals surface area contributed by atoms with Crippen molar-refractivity contribution in [3.63, 3.8) is 0 Å². The second-order valence-corrected chi connectivity index (χ2v) is 19.5. The number of rotatable bonds is 8. The molecule has 2 aromatic heterocycles. The molecule has 328 valence electrons. The van der Waals surface area contributed by atoms with Crippen LogP contribution in [0.15, 0.2) is 200 Å². The molecule has 0 bridgehead atoms. The van der Waals surface area contributed by atoms with Gasteiger partial charge in [-0.15, -0.1) is 0 Å². The Hall–Kier alpha value is -7.82. The Bertz CT molecular complexity index is 3530. The van der Waals surface area contributed by atoms with E-state index in [1.54, 1.807) is 12.1 Å². The predicted octanol–water partition coefficient (Wildman–Crippen LogP) is 16.7. The maximum Gasteiger partial charge on any atom is 0.149 e. The molecule has 4 heteroatoms. The second-order valence-electron chi connectivity index (χ2n) is 19.5. The molecule has 0 saturated carbocycles. The molecule has 10 rings (SSSR count). The van der Waals surface area contributed by atoms with Crippen LogP contribution in [0.5, 0.6) is 5.75 Å². The average molecular weight is 873 g/mol. The van der Waals surface area contributed by atoms with E-state index in [4.69, 9.17) is 14.1 Å². The van der Waals surface area contributed by atoms with Crippen LogP contribution in [0.1, 0.15) is 62.3 Å². The van der Waals surface area contributed by atoms with E-state index in [0.29, 0.717) is 22.5 Å². The first-order chi connectivity index (χ1) is 33.5. The number of para-hydroxylation sites is 1. The summed E-state index contributed by atoms with van der Waals surface area (Å²) < 4.78 is 25.9. The first-order valence-electron chi connectivity index (χ1n) is 24.4. The summed E-state index contributed by atoms with van der Waals surface area (Å²) in [5.74, 6) is 0.759. The molecular formula is C63H55N3O. The van der Waals surface area contributed by atoms with Gasteiger partial charge in [-0.25, -0.2) is 4.98 Å². The molecule has 0 unspecified atom stereocenters. The number of hydrogen-bond donors (Lipinski definition) is 1. The Morgan fingerprint density at radius 3 is 1.72 bits per heavy atom. The number of nitrogens with zero attached hydrogens (tertiary/aromatic N) is 3. The third-order valence-corrected chi connectivity index (χ3v) is 12.8. The van der Waals surface area contributed by atoms with Gasteiger partial charge in [-0.2, -0.15) is 0 Å². The molecule has 10 aromatic rings. The van der Waals surface area contributed by atoms with Crippen LogP contribution < -0.4 is 0 Å². The minimum Gasteiger partial charge on any atom is -0.507 e. The third-order valence-electron chi connectivity index (χ3n) is 12.8. The topological polar surface area (TPSA) is 50.9 Å². The van der Waals surface area contributed by atoms with Gasteiger partial charge in [0.15, 0.2) is 0 Å². The number of imidazole rings is 1. The van der Waals surface area contributed by atoms with Crippen molar-refractivity contribution < 1.29 is 9.22 Å². The molecule has 0 aliphatic carbocycles. The van der Waals surface area contributed by atoms with Crippen LogP contribution in [0.4, 0.5) is 0 Å². The van der Waals surface area contributed by atoms with Crippen molar-refractivity contribution in [2.45, 2.75) is 59.2 Å². The fourth-order valence-corrected chi connectivity index (χ4v) is 9.04. The Balaban J connectivity index is 1.25. The number of aromatic hydroxyl groups is 1. The zero-order valence-corrected chi connectivity index (χ0v) is 38.8. The first-order valence-corrected chi connectivity index (χ1v) is 22.9. The van der Waals surface area contributed by atoms with Crippen molar-refractivity contribution in [2.24, 2.45) is 0 Å². The minimum absolute atomic E-state index is 0.115. The number of pyridine rings is 1. The standard InChI is InChI=1S/C63H55N3O/c1-41-26-28-43(29-27-41)46-32-33-64-56(39-46)49-34-48(35-51(36-49)63(5,6)7)52-24-17-25-58-59(52)65-61(66(58)57-31-30-50(62(2,3)4)40-53(57)44-20-13-9-14-21-44)55-38-47(42-18-11-8-12-19-42)37-54(60(55)67)45-22-15-10-16-23-45/h8-40,67H,1-7H3/i1D3. The second kappa shape index (κ2) is 17.2. The van der Waals surface area contributed by atoms with Crippen molar-refractivity contribution in [3.05, 3.63) is 217 Å². The summed E-state index contributed by atoms with van der Waals surface area (Å²) in [6.45, 7) is 11.2. The summed E-state index contributed by atoms with van der Waals surface area (Å²) in [6.07, 6.45) is 1.81. The van der Waals surface area contributed by atoms with E-state index in [9.17, 15) is 5.11 Å². The molecule has 2 heterocycles. The monoisotopic (exact) mass is 872 g/mol. The van der Waals surface area contributed by atoms with Crippen molar-refractivity contribution in [3.8, 4) is 89.7 Å². The Labute approximate surface area is 399 Å². The number of hydrogen-bond acceptors (Lipinski definition) is 3. The minimum atomic E-state index is -2.18. The highest BCUT2D eigenvalue weighted by Gasteiger charge is 2.26. The lowest BCUT2D eigenvalue weighted by molar-refractivity contribution is 0.479. The maximum atomic E-state index is 12.7. The van der Waals surface area contributed by atoms with E-state index < -0.39 is 6.85 Å². The highest BCUT2D eigenvalue weighted by Crippen LogP contribution is 2.46. The summed E-state index contributed by atoms with van der Waals surface area (Å²) in [5.41, 5.74) is 16.8. The summed E-state index contributed by atoms with van der Waals surface area (Å²) in [6, 6.07) is 66.0. The largest absolute Gasteiger partial charge is 0.507 e. The molecule has 0 saturated heterocycles. The van der Waals surface area contributed by atoms with Gasteiger partial charge in [-0.05, 0) is 122 Å². The van der Waals surface area contributed by atoms with Crippen LogP contribution in [0, 0.1) is 6.85 Å². The van der Waals surface area contributed by atoms with Gasteiger partial charge in [-0.3, -0.25) is 9.55 Å². The molecule has 0 radical (unpaired) electrons. The van der Waals surface area contributed by atoms with Crippen LogP contribution in [0.2, 0.25) is 0 Å². The Kier molecular flexibility index (Phi) is 10.1. The molecule has 0 spiro atoms. The van der Waals surface area contributed by atoms with Gasteiger partial charge in [-0.1, -0.05) is 187 Å². The number of fused-ring (bicyclic) bond motifs is 1. The van der Waals surface area contributed by atoms with Gasteiger partial charge in [0, 0.05) is 32.6 Å². The molecule has 0 aliphatic heterocycles. The maximum absolute atomic E-state index is 12.7. The van der Waals surface area contributed by atoms with Crippen molar-refractivity contribution in [2.75, 3.05) is 0 Å². The zero-order chi connectivity index (χ0) is 49.0. The molecule has 0 aliphatic rings. The molecular weight excluding hydrogens is 815 g/mol. The number of phenols is 1. The van der Waals surface area contributed by atoms with Gasteiger partial charge in [0.25, 0.3) is 0 Å². The molecule has 4 nitrogen and oxygen atoms in total. The normalized spacial score (nSPS) is 12.7. The van der Waals surface area contributed by atoms with Gasteiger partial charge < -0.3 is 5.11 Å². The number of phenolic OH excluding ortho intramolecular Hbond substituents is 1. The predicted molar refractivity (Wildman–Crippen MR) is 281 cm³/mol. The summed E-state index contributed by atoms with van der Waals surface area (Å²) >= 11 is 0. The van der Waals surface area contributed by atoms with Gasteiger partial charge in [0.05, 0.1) is 28.0 Å². The van der Waals surface area contributed by atoms with Crippen LogP contribution in [-0.2, 0) is 10.8 Å². The van der Waals surface area contributed by atoms with Crippen LogP contribution in [0.3, 0.4) is 0 Å². The first kappa shape index (κ1) is 39.5. The van der Waals surface area contributed by atoms with E-state index in [-0.39, 0.29) is 16.6 Å². The molecule has 0 amide bonds. The summed E-state index contributed by atoms with van der Waals surface area (Å²) in [7, 11) is 0. The Morgan fingerprint density at radius 1 is 0.448 bits per heavy atom. The third kappa shape index (κ3) is 8.48. The zero-order valence-electron chi connectivity index (χ0n) is 41.8. The van der Waals surface area contributed by atoms with Crippen LogP contribution in [-0.4, -0.2) is 19.6 Å². The van der Waals surface area contributed by atoms with Gasteiger partial charge in [0.2, 0.25) is 0 Å². The van der Waals surface area contributed by atoms with E-state index in [1.807, 2.05) is 79.0 Å². The highest BCUT2D eigenvalue weighted by molar-refractivity contribution is 5.99. The van der Waals surface area contributed by atoms with E-state index >= 15 is 0 Å². The van der Waals surface area contributed by atoms with Gasteiger partial charge >= 0.3 is 0 Å². The summed E-state index contributed by atoms with van der Waals surface area (Å²) in [4.78, 5) is 10.6. The summed E-state index contributed by atoms with van der Waals surface area (Å²) in [5, 5.41) is 12.7. The van der Waals surface area contributed by atoms with Crippen molar-refractivity contribution in [1.82, 2.24) is 14.5 Å². The van der Waals surface area contributed by atoms with Crippen LogP contribution in [0.25, 0.3) is 95.0 Å². The number of benzene rings is 8. The van der Waals surface area contributed by atoms with E-state index in [2.05, 4.69) is 155 Å². The van der Waals surface area contributed by atoms with Crippen molar-refractivity contribution >= 4 is 11.0 Å². The van der Waals surface area contributed by atoms with Gasteiger partial charge in [0.1, 0.15) is 11.6 Å². The SMILES string of the molecule is [2H]C([2H])([2H])c1ccc(-c2ccnc(-c3cc(-c4cccc5c4nc(-c4cc(-c6ccccc6)cc(-c6ccccc6)c4O)n5-c4ccc(C(C)(C)C)cc4-c4ccccc4)cc(C(C)(C)C)c3)c2)cc1. The number of aryl methyl sites for hydroxylation is 1. The Morgan fingerprint density at radius 2 is 1.06 bits per heavy atom. The van der Waals surface area contributed by atoms with Crippen molar-refractivity contribution in [1.29, 1.82) is 0 Å². The smallest absolute Gasteiger partial charge is 0.149 e. The lowest BCUT2D eigenvalue weighted by Crippen LogP contribution is -2.12. The molecule has 67 heavy (non-hydrogen) atoms. The molecule has 1 N–H and O–H groups in total. The van der Waals surface area contributed by atoms with Crippen LogP contribution >= 0.6 is 0 Å². The molecule has 8 aromatic carbocycles. The van der Waals surface area contributed by atoms with E-state index in [1.165, 1.54) is 5.56 Å². The highest BCUT2D eigenvalue weighted by atomic mass is 16.3. The molecule has 0 fully saturated rings. The quantitative estimate of drug-likeness (QED) is 0.165. The fourth-order valence-electron chi connectivity index (χ4n) is 9.04. The lowest BCUT2D eigenvalue weighted by Gasteiger charge is -2.23. The number of aromatic nitrogens is 3. The van der Waals surface area contributed by atoms with E-state index in [0.717, 1.165) is 83.6 Å².